The van der Waals surface area contributed by atoms with Gasteiger partial charge in [0.05, 0.1) is 5.92 Å². The van der Waals surface area contributed by atoms with Crippen molar-refractivity contribution >= 4 is 5.97 Å². The molecule has 0 N–H and O–H groups in total. The zero-order valence-electron chi connectivity index (χ0n) is 16.8. The molecule has 3 aromatic carbocycles. The van der Waals surface area contributed by atoms with E-state index in [9.17, 15) is 4.79 Å². The molecule has 0 heterocycles. The second-order valence-corrected chi connectivity index (χ2v) is 8.77. The van der Waals surface area contributed by atoms with Crippen molar-refractivity contribution in [3.63, 3.8) is 0 Å². The lowest BCUT2D eigenvalue weighted by Gasteiger charge is -2.27. The van der Waals surface area contributed by atoms with Crippen LogP contribution in [-0.2, 0) is 9.53 Å². The second-order valence-electron chi connectivity index (χ2n) is 8.77. The lowest BCUT2D eigenvalue weighted by atomic mass is 9.78. The van der Waals surface area contributed by atoms with Gasteiger partial charge in [0, 0.05) is 11.8 Å². The third-order valence-electron chi connectivity index (χ3n) is 7.27. The molecular formula is C28H24O2. The summed E-state index contributed by atoms with van der Waals surface area (Å²) in [5, 5.41) is 0. The van der Waals surface area contributed by atoms with Gasteiger partial charge in [-0.05, 0) is 46.1 Å². The van der Waals surface area contributed by atoms with Crippen LogP contribution in [0.25, 0.3) is 11.1 Å². The largest absolute Gasteiger partial charge is 0.464 e. The summed E-state index contributed by atoms with van der Waals surface area (Å²) in [5.74, 6) is 0.984. The Morgan fingerprint density at radius 3 is 2.07 bits per heavy atom. The molecule has 0 radical (unpaired) electrons. The van der Waals surface area contributed by atoms with Crippen LogP contribution < -0.4 is 0 Å². The maximum Gasteiger partial charge on any atom is 0.310 e. The summed E-state index contributed by atoms with van der Waals surface area (Å²) in [6.45, 7) is 0.409. The molecule has 3 aliphatic rings. The number of benzene rings is 3. The van der Waals surface area contributed by atoms with Crippen molar-refractivity contribution in [2.75, 3.05) is 6.61 Å². The lowest BCUT2D eigenvalue weighted by Crippen LogP contribution is -2.29. The molecule has 3 aliphatic carbocycles. The highest BCUT2D eigenvalue weighted by Gasteiger charge is 2.49. The highest BCUT2D eigenvalue weighted by Crippen LogP contribution is 2.53. The van der Waals surface area contributed by atoms with Crippen LogP contribution >= 0.6 is 0 Å². The van der Waals surface area contributed by atoms with Crippen LogP contribution in [0.3, 0.4) is 0 Å². The van der Waals surface area contributed by atoms with Crippen molar-refractivity contribution in [2.45, 2.75) is 18.3 Å². The molecule has 2 bridgehead atoms. The standard InChI is InChI=1S/C28H24O2/c29-28(27-20-15-14-19(16-20)26(27)18-8-2-1-3-9-18)30-17-25-23-12-6-4-10-21(23)22-11-5-7-13-24(22)25/h1-15,19-20,25-27H,16-17H2/t19?,20?,26-,27-/m0/s1. The Morgan fingerprint density at radius 2 is 1.37 bits per heavy atom. The van der Waals surface area contributed by atoms with E-state index in [1.165, 1.54) is 27.8 Å². The minimum Gasteiger partial charge on any atom is -0.464 e. The SMILES string of the molecule is O=C(OCC1c2ccccc2-c2ccccc21)[C@H]1C2C=CC(C2)[C@@H]1c1ccccc1. The third kappa shape index (κ3) is 2.67. The average Bonchev–Trinajstić information content (AvgIpc) is 3.50. The van der Waals surface area contributed by atoms with Gasteiger partial charge in [-0.15, -0.1) is 0 Å². The number of esters is 1. The van der Waals surface area contributed by atoms with E-state index in [4.69, 9.17) is 4.74 Å². The van der Waals surface area contributed by atoms with E-state index in [1.807, 2.05) is 6.07 Å². The lowest BCUT2D eigenvalue weighted by molar-refractivity contribution is -0.150. The smallest absolute Gasteiger partial charge is 0.310 e. The Balaban J connectivity index is 1.26. The molecule has 2 heteroatoms. The molecule has 1 fully saturated rings. The van der Waals surface area contributed by atoms with E-state index < -0.39 is 0 Å². The minimum atomic E-state index is -0.0747. The number of fused-ring (bicyclic) bond motifs is 5. The van der Waals surface area contributed by atoms with E-state index in [1.54, 1.807) is 0 Å². The van der Waals surface area contributed by atoms with Gasteiger partial charge in [0.2, 0.25) is 0 Å². The Labute approximate surface area is 177 Å². The monoisotopic (exact) mass is 392 g/mol. The summed E-state index contributed by atoms with van der Waals surface area (Å²) in [6, 6.07) is 27.5. The first kappa shape index (κ1) is 17.7. The predicted molar refractivity (Wildman–Crippen MR) is 118 cm³/mol. The molecule has 148 valence electrons. The van der Waals surface area contributed by atoms with Gasteiger partial charge < -0.3 is 4.74 Å². The number of ether oxygens (including phenoxy) is 1. The van der Waals surface area contributed by atoms with Crippen LogP contribution in [0.5, 0.6) is 0 Å². The average molecular weight is 392 g/mol. The third-order valence-corrected chi connectivity index (χ3v) is 7.27. The van der Waals surface area contributed by atoms with Crippen LogP contribution in [0.2, 0.25) is 0 Å². The number of hydrogen-bond acceptors (Lipinski definition) is 2. The van der Waals surface area contributed by atoms with E-state index in [2.05, 4.69) is 84.9 Å². The first-order chi connectivity index (χ1) is 14.8. The van der Waals surface area contributed by atoms with Crippen LogP contribution in [0, 0.1) is 17.8 Å². The summed E-state index contributed by atoms with van der Waals surface area (Å²) in [4.78, 5) is 13.3. The van der Waals surface area contributed by atoms with Gasteiger partial charge in [-0.2, -0.15) is 0 Å². The van der Waals surface area contributed by atoms with Crippen LogP contribution in [0.15, 0.2) is 91.0 Å². The first-order valence-corrected chi connectivity index (χ1v) is 10.9. The van der Waals surface area contributed by atoms with Crippen molar-refractivity contribution in [3.8, 4) is 11.1 Å². The molecule has 3 aromatic rings. The molecule has 0 spiro atoms. The molecular weight excluding hydrogens is 368 g/mol. The van der Waals surface area contributed by atoms with E-state index in [-0.39, 0.29) is 23.7 Å². The quantitative estimate of drug-likeness (QED) is 0.405. The molecule has 0 saturated heterocycles. The number of carbonyl (C=O) groups is 1. The van der Waals surface area contributed by atoms with Gasteiger partial charge in [0.15, 0.2) is 0 Å². The number of allylic oxidation sites excluding steroid dienone is 2. The zero-order chi connectivity index (χ0) is 20.1. The normalized spacial score (nSPS) is 25.9. The number of carbonyl (C=O) groups excluding carboxylic acids is 1. The van der Waals surface area contributed by atoms with Crippen LogP contribution in [0.1, 0.15) is 34.9 Å². The minimum absolute atomic E-state index is 0.0393. The maximum atomic E-state index is 13.3. The van der Waals surface area contributed by atoms with Crippen molar-refractivity contribution < 1.29 is 9.53 Å². The molecule has 2 unspecified atom stereocenters. The summed E-state index contributed by atoms with van der Waals surface area (Å²) in [6.07, 6.45) is 5.60. The fraction of sp³-hybridized carbons (Fsp3) is 0.250. The first-order valence-electron chi connectivity index (χ1n) is 10.9. The number of hydrogen-bond donors (Lipinski definition) is 0. The Bertz CT molecular complexity index is 1080. The van der Waals surface area contributed by atoms with Crippen molar-refractivity contribution in [1.82, 2.24) is 0 Å². The molecule has 1 saturated carbocycles. The molecule has 0 aliphatic heterocycles. The summed E-state index contributed by atoms with van der Waals surface area (Å²) in [5.41, 5.74) is 6.31. The molecule has 6 rings (SSSR count). The highest BCUT2D eigenvalue weighted by atomic mass is 16.5. The van der Waals surface area contributed by atoms with Gasteiger partial charge >= 0.3 is 5.97 Å². The number of rotatable bonds is 4. The van der Waals surface area contributed by atoms with Gasteiger partial charge in [0.1, 0.15) is 6.61 Å². The van der Waals surface area contributed by atoms with E-state index in [0.717, 1.165) is 6.42 Å². The summed E-state index contributed by atoms with van der Waals surface area (Å²) >= 11 is 0. The van der Waals surface area contributed by atoms with Crippen molar-refractivity contribution in [2.24, 2.45) is 17.8 Å². The molecule has 4 atom stereocenters. The van der Waals surface area contributed by atoms with Gasteiger partial charge in [-0.25, -0.2) is 0 Å². The predicted octanol–water partition coefficient (Wildman–Crippen LogP) is 5.95. The van der Waals surface area contributed by atoms with E-state index >= 15 is 0 Å². The van der Waals surface area contributed by atoms with Crippen LogP contribution in [0.4, 0.5) is 0 Å². The Hall–Kier alpha value is -3.13. The Kier molecular flexibility index (Phi) is 4.12. The zero-order valence-corrected chi connectivity index (χ0v) is 16.8. The summed E-state index contributed by atoms with van der Waals surface area (Å²) in [7, 11) is 0. The molecule has 2 nitrogen and oxygen atoms in total. The molecule has 0 aromatic heterocycles. The van der Waals surface area contributed by atoms with Gasteiger partial charge in [0.25, 0.3) is 0 Å². The fourth-order valence-electron chi connectivity index (χ4n) is 5.97. The fourth-order valence-corrected chi connectivity index (χ4v) is 5.97. The van der Waals surface area contributed by atoms with Crippen LogP contribution in [-0.4, -0.2) is 12.6 Å². The topological polar surface area (TPSA) is 26.3 Å². The van der Waals surface area contributed by atoms with E-state index in [0.29, 0.717) is 18.4 Å². The highest BCUT2D eigenvalue weighted by molar-refractivity contribution is 5.80. The maximum absolute atomic E-state index is 13.3. The summed E-state index contributed by atoms with van der Waals surface area (Å²) < 4.78 is 6.06. The molecule has 30 heavy (non-hydrogen) atoms. The van der Waals surface area contributed by atoms with Crippen molar-refractivity contribution in [3.05, 3.63) is 108 Å². The Morgan fingerprint density at radius 1 is 0.767 bits per heavy atom. The van der Waals surface area contributed by atoms with Gasteiger partial charge in [-0.3, -0.25) is 4.79 Å². The second kappa shape index (κ2) is 6.98. The molecule has 0 amide bonds. The van der Waals surface area contributed by atoms with Crippen molar-refractivity contribution in [1.29, 1.82) is 0 Å². The van der Waals surface area contributed by atoms with Gasteiger partial charge in [-0.1, -0.05) is 91.0 Å².